The molecule has 2 N–H and O–H groups in total. The molecule has 0 aliphatic rings. The molecular formula is C11H12N2O2. The molecule has 0 saturated carbocycles. The van der Waals surface area contributed by atoms with E-state index in [0.29, 0.717) is 5.69 Å². The Labute approximate surface area is 86.8 Å². The van der Waals surface area contributed by atoms with Gasteiger partial charge in [0.2, 0.25) is 0 Å². The van der Waals surface area contributed by atoms with Crippen molar-refractivity contribution in [2.75, 3.05) is 0 Å². The molecule has 1 heterocycles. The number of para-hydroxylation sites is 2. The van der Waals surface area contributed by atoms with Crippen LogP contribution in [0, 0.1) is 13.8 Å². The molecule has 0 fully saturated rings. The summed E-state index contributed by atoms with van der Waals surface area (Å²) in [6.07, 6.45) is 0. The number of imidazole rings is 1. The first-order chi connectivity index (χ1) is 7.11. The van der Waals surface area contributed by atoms with Gasteiger partial charge in [-0.25, -0.2) is 4.79 Å². The van der Waals surface area contributed by atoms with Crippen molar-refractivity contribution in [2.45, 2.75) is 13.8 Å². The zero-order valence-electron chi connectivity index (χ0n) is 8.61. The first kappa shape index (κ1) is 9.58. The van der Waals surface area contributed by atoms with E-state index < -0.39 is 0 Å². The lowest BCUT2D eigenvalue weighted by molar-refractivity contribution is 0.471. The van der Waals surface area contributed by atoms with Crippen LogP contribution in [-0.2, 0) is 0 Å². The van der Waals surface area contributed by atoms with Gasteiger partial charge in [0.1, 0.15) is 5.75 Å². The van der Waals surface area contributed by atoms with Crippen molar-refractivity contribution in [3.8, 4) is 11.4 Å². The molecule has 0 aliphatic heterocycles. The van der Waals surface area contributed by atoms with E-state index in [0.717, 1.165) is 11.4 Å². The summed E-state index contributed by atoms with van der Waals surface area (Å²) in [4.78, 5) is 14.3. The quantitative estimate of drug-likeness (QED) is 0.739. The van der Waals surface area contributed by atoms with Gasteiger partial charge < -0.3 is 10.1 Å². The van der Waals surface area contributed by atoms with E-state index in [1.54, 1.807) is 24.3 Å². The van der Waals surface area contributed by atoms with Crippen molar-refractivity contribution < 1.29 is 5.11 Å². The van der Waals surface area contributed by atoms with Crippen LogP contribution >= 0.6 is 0 Å². The Hall–Kier alpha value is -1.97. The van der Waals surface area contributed by atoms with E-state index in [1.165, 1.54) is 4.57 Å². The molecule has 0 saturated heterocycles. The number of phenolic OH excluding ortho intramolecular Hbond substituents is 1. The predicted molar refractivity (Wildman–Crippen MR) is 57.5 cm³/mol. The van der Waals surface area contributed by atoms with E-state index in [9.17, 15) is 9.90 Å². The standard InChI is InChI=1S/C11H12N2O2/c1-7-8(2)13(11(15)12-7)9-5-3-4-6-10(9)14/h3-6,14H,1-2H3,(H,12,15). The van der Waals surface area contributed by atoms with Crippen LogP contribution in [0.5, 0.6) is 5.75 Å². The molecule has 4 heteroatoms. The van der Waals surface area contributed by atoms with E-state index >= 15 is 0 Å². The predicted octanol–water partition coefficient (Wildman–Crippen LogP) is 1.49. The Kier molecular flexibility index (Phi) is 2.11. The maximum Gasteiger partial charge on any atom is 0.330 e. The monoisotopic (exact) mass is 204 g/mol. The summed E-state index contributed by atoms with van der Waals surface area (Å²) in [5.74, 6) is 0.0988. The van der Waals surface area contributed by atoms with Gasteiger partial charge in [0, 0.05) is 11.4 Å². The Bertz CT molecular complexity index is 552. The minimum atomic E-state index is -0.230. The summed E-state index contributed by atoms with van der Waals surface area (Å²) in [7, 11) is 0. The molecule has 0 radical (unpaired) electrons. The molecule has 2 rings (SSSR count). The lowest BCUT2D eigenvalue weighted by atomic mass is 10.2. The van der Waals surface area contributed by atoms with Crippen molar-refractivity contribution in [3.05, 3.63) is 46.1 Å². The van der Waals surface area contributed by atoms with Crippen LogP contribution in [0.1, 0.15) is 11.4 Å². The lowest BCUT2D eigenvalue weighted by Gasteiger charge is -2.06. The SMILES string of the molecule is Cc1[nH]c(=O)n(-c2ccccc2O)c1C. The smallest absolute Gasteiger partial charge is 0.330 e. The maximum atomic E-state index is 11.6. The number of hydrogen-bond donors (Lipinski definition) is 2. The van der Waals surface area contributed by atoms with Crippen LogP contribution in [0.15, 0.2) is 29.1 Å². The number of hydrogen-bond acceptors (Lipinski definition) is 2. The third kappa shape index (κ3) is 1.44. The molecule has 0 atom stereocenters. The van der Waals surface area contributed by atoms with Gasteiger partial charge in [-0.1, -0.05) is 12.1 Å². The number of H-pyrrole nitrogens is 1. The highest BCUT2D eigenvalue weighted by molar-refractivity contribution is 5.46. The molecule has 0 aliphatic carbocycles. The number of aryl methyl sites for hydroxylation is 1. The van der Waals surface area contributed by atoms with Crippen LogP contribution < -0.4 is 5.69 Å². The highest BCUT2D eigenvalue weighted by Crippen LogP contribution is 2.20. The highest BCUT2D eigenvalue weighted by atomic mass is 16.3. The summed E-state index contributed by atoms with van der Waals surface area (Å²) < 4.78 is 1.46. The molecule has 15 heavy (non-hydrogen) atoms. The largest absolute Gasteiger partial charge is 0.506 e. The lowest BCUT2D eigenvalue weighted by Crippen LogP contribution is -2.15. The van der Waals surface area contributed by atoms with Crippen LogP contribution in [0.2, 0.25) is 0 Å². The fraction of sp³-hybridized carbons (Fsp3) is 0.182. The van der Waals surface area contributed by atoms with E-state index in [1.807, 2.05) is 13.8 Å². The first-order valence-electron chi connectivity index (χ1n) is 4.68. The summed E-state index contributed by atoms with van der Waals surface area (Å²) >= 11 is 0. The van der Waals surface area contributed by atoms with E-state index in [-0.39, 0.29) is 11.4 Å². The number of phenols is 1. The average molecular weight is 204 g/mol. The number of nitrogens with zero attached hydrogens (tertiary/aromatic N) is 1. The zero-order valence-corrected chi connectivity index (χ0v) is 8.61. The highest BCUT2D eigenvalue weighted by Gasteiger charge is 2.10. The first-order valence-corrected chi connectivity index (χ1v) is 4.68. The summed E-state index contributed by atoms with van der Waals surface area (Å²) in [6, 6.07) is 6.77. The Balaban J connectivity index is 2.75. The van der Waals surface area contributed by atoms with Crippen molar-refractivity contribution in [1.29, 1.82) is 0 Å². The van der Waals surface area contributed by atoms with Crippen LogP contribution in [0.3, 0.4) is 0 Å². The molecule has 4 nitrogen and oxygen atoms in total. The average Bonchev–Trinajstić information content (AvgIpc) is 2.43. The minimum absolute atomic E-state index is 0.0988. The molecule has 78 valence electrons. The Morgan fingerprint density at radius 1 is 1.27 bits per heavy atom. The molecule has 0 bridgehead atoms. The number of aromatic nitrogens is 2. The summed E-state index contributed by atoms with van der Waals surface area (Å²) in [5.41, 5.74) is 1.89. The van der Waals surface area contributed by atoms with Crippen LogP contribution in [0.25, 0.3) is 5.69 Å². The van der Waals surface area contributed by atoms with Gasteiger partial charge in [-0.05, 0) is 26.0 Å². The molecule has 0 unspecified atom stereocenters. The number of aromatic amines is 1. The molecule has 1 aromatic heterocycles. The molecular weight excluding hydrogens is 192 g/mol. The van der Waals surface area contributed by atoms with Crippen LogP contribution in [0.4, 0.5) is 0 Å². The van der Waals surface area contributed by atoms with Crippen molar-refractivity contribution >= 4 is 0 Å². The van der Waals surface area contributed by atoms with Crippen molar-refractivity contribution in [1.82, 2.24) is 9.55 Å². The number of benzene rings is 1. The molecule has 1 aromatic carbocycles. The Morgan fingerprint density at radius 3 is 2.47 bits per heavy atom. The van der Waals surface area contributed by atoms with Gasteiger partial charge in [0.15, 0.2) is 0 Å². The fourth-order valence-electron chi connectivity index (χ4n) is 1.57. The number of nitrogens with one attached hydrogen (secondary N) is 1. The number of aromatic hydroxyl groups is 1. The van der Waals surface area contributed by atoms with Gasteiger partial charge in [0.05, 0.1) is 5.69 Å². The maximum absolute atomic E-state index is 11.6. The second-order valence-electron chi connectivity index (χ2n) is 3.46. The van der Waals surface area contributed by atoms with Gasteiger partial charge in [0.25, 0.3) is 0 Å². The van der Waals surface area contributed by atoms with Gasteiger partial charge in [-0.15, -0.1) is 0 Å². The van der Waals surface area contributed by atoms with Gasteiger partial charge >= 0.3 is 5.69 Å². The zero-order chi connectivity index (χ0) is 11.0. The molecule has 0 amide bonds. The summed E-state index contributed by atoms with van der Waals surface area (Å²) in [5, 5.41) is 9.65. The fourth-order valence-corrected chi connectivity index (χ4v) is 1.57. The summed E-state index contributed by atoms with van der Waals surface area (Å²) in [6.45, 7) is 3.66. The van der Waals surface area contributed by atoms with Gasteiger partial charge in [-0.3, -0.25) is 4.57 Å². The second-order valence-corrected chi connectivity index (χ2v) is 3.46. The van der Waals surface area contributed by atoms with Crippen molar-refractivity contribution in [3.63, 3.8) is 0 Å². The van der Waals surface area contributed by atoms with Gasteiger partial charge in [-0.2, -0.15) is 0 Å². The van der Waals surface area contributed by atoms with Crippen LogP contribution in [-0.4, -0.2) is 14.7 Å². The normalized spacial score (nSPS) is 10.5. The number of rotatable bonds is 1. The third-order valence-electron chi connectivity index (χ3n) is 2.50. The van der Waals surface area contributed by atoms with E-state index in [2.05, 4.69) is 4.98 Å². The van der Waals surface area contributed by atoms with Crippen molar-refractivity contribution in [2.24, 2.45) is 0 Å². The molecule has 0 spiro atoms. The minimum Gasteiger partial charge on any atom is -0.506 e. The van der Waals surface area contributed by atoms with E-state index in [4.69, 9.17) is 0 Å². The second kappa shape index (κ2) is 3.31. The topological polar surface area (TPSA) is 58.0 Å². The Morgan fingerprint density at radius 2 is 1.93 bits per heavy atom. The molecule has 2 aromatic rings. The third-order valence-corrected chi connectivity index (χ3v) is 2.50.